The highest BCUT2D eigenvalue weighted by Gasteiger charge is 2.11. The Kier molecular flexibility index (Phi) is 2.70. The first-order valence-corrected chi connectivity index (χ1v) is 5.13. The zero-order valence-corrected chi connectivity index (χ0v) is 9.46. The normalized spacial score (nSPS) is 11.7. The van der Waals surface area contributed by atoms with E-state index in [1.807, 2.05) is 32.2 Å². The average molecular weight is 217 g/mol. The van der Waals surface area contributed by atoms with Gasteiger partial charge in [0.25, 0.3) is 0 Å². The number of aromatic nitrogens is 4. The molecule has 0 fully saturated rings. The van der Waals surface area contributed by atoms with Gasteiger partial charge in [-0.25, -0.2) is 14.6 Å². The maximum absolute atomic E-state index is 5.94. The minimum Gasteiger partial charge on any atom is -0.325 e. The van der Waals surface area contributed by atoms with Crippen LogP contribution >= 0.6 is 0 Å². The lowest BCUT2D eigenvalue weighted by atomic mass is 9.97. The highest BCUT2D eigenvalue weighted by molar-refractivity contribution is 5.24. The molecule has 0 aliphatic rings. The van der Waals surface area contributed by atoms with Crippen molar-refractivity contribution in [3.8, 4) is 5.82 Å². The Hall–Kier alpha value is -1.75. The first-order valence-electron chi connectivity index (χ1n) is 5.13. The lowest BCUT2D eigenvalue weighted by molar-refractivity contribution is 0.516. The largest absolute Gasteiger partial charge is 0.325 e. The molecule has 2 aromatic heterocycles. The second-order valence-electron chi connectivity index (χ2n) is 4.53. The van der Waals surface area contributed by atoms with Crippen LogP contribution in [0.2, 0.25) is 0 Å². The van der Waals surface area contributed by atoms with E-state index in [1.165, 1.54) is 6.33 Å². The summed E-state index contributed by atoms with van der Waals surface area (Å²) in [5.74, 6) is 0.760. The molecular weight excluding hydrogens is 202 g/mol. The van der Waals surface area contributed by atoms with Crippen molar-refractivity contribution >= 4 is 0 Å². The van der Waals surface area contributed by atoms with Gasteiger partial charge in [0.1, 0.15) is 12.7 Å². The Labute approximate surface area is 94.3 Å². The highest BCUT2D eigenvalue weighted by Crippen LogP contribution is 2.10. The van der Waals surface area contributed by atoms with E-state index in [9.17, 15) is 0 Å². The Balaban J connectivity index is 2.17. The van der Waals surface area contributed by atoms with Crippen molar-refractivity contribution in [2.24, 2.45) is 5.73 Å². The summed E-state index contributed by atoms with van der Waals surface area (Å²) in [5.41, 5.74) is 6.85. The Morgan fingerprint density at radius 1 is 1.38 bits per heavy atom. The highest BCUT2D eigenvalue weighted by atomic mass is 15.3. The van der Waals surface area contributed by atoms with Crippen LogP contribution in [0.25, 0.3) is 5.82 Å². The molecule has 0 radical (unpaired) electrons. The van der Waals surface area contributed by atoms with E-state index in [1.54, 1.807) is 11.0 Å². The first-order chi connectivity index (χ1) is 7.54. The van der Waals surface area contributed by atoms with Gasteiger partial charge in [-0.05, 0) is 31.9 Å². The molecule has 2 aromatic rings. The third kappa shape index (κ3) is 2.64. The van der Waals surface area contributed by atoms with Crippen LogP contribution in [0, 0.1) is 0 Å². The third-order valence-electron chi connectivity index (χ3n) is 2.12. The molecule has 0 unspecified atom stereocenters. The van der Waals surface area contributed by atoms with E-state index in [-0.39, 0.29) is 5.54 Å². The van der Waals surface area contributed by atoms with Crippen LogP contribution in [0.1, 0.15) is 19.4 Å². The molecule has 0 bridgehead atoms. The molecule has 0 aromatic carbocycles. The van der Waals surface area contributed by atoms with Crippen molar-refractivity contribution in [1.29, 1.82) is 0 Å². The topological polar surface area (TPSA) is 69.6 Å². The standard InChI is InChI=1S/C11H15N5/c1-11(2,12)5-9-3-4-10(14-6-9)16-8-13-7-15-16/h3-4,6-8H,5,12H2,1-2H3. The number of nitrogens with two attached hydrogens (primary N) is 1. The van der Waals surface area contributed by atoms with Gasteiger partial charge in [0.2, 0.25) is 0 Å². The molecule has 0 saturated carbocycles. The first kappa shape index (κ1) is 10.8. The minimum absolute atomic E-state index is 0.212. The summed E-state index contributed by atoms with van der Waals surface area (Å²) in [4.78, 5) is 8.18. The van der Waals surface area contributed by atoms with Gasteiger partial charge < -0.3 is 5.73 Å². The molecule has 16 heavy (non-hydrogen) atoms. The maximum Gasteiger partial charge on any atom is 0.155 e. The Bertz CT molecular complexity index is 438. The van der Waals surface area contributed by atoms with E-state index in [4.69, 9.17) is 5.73 Å². The quantitative estimate of drug-likeness (QED) is 0.830. The van der Waals surface area contributed by atoms with Gasteiger partial charge in [-0.1, -0.05) is 6.07 Å². The summed E-state index contributed by atoms with van der Waals surface area (Å²) in [5, 5.41) is 4.01. The lowest BCUT2D eigenvalue weighted by Gasteiger charge is -2.17. The summed E-state index contributed by atoms with van der Waals surface area (Å²) < 4.78 is 1.62. The van der Waals surface area contributed by atoms with Crippen LogP contribution in [-0.2, 0) is 6.42 Å². The number of hydrogen-bond acceptors (Lipinski definition) is 4. The fourth-order valence-corrected chi connectivity index (χ4v) is 1.51. The van der Waals surface area contributed by atoms with E-state index in [0.29, 0.717) is 0 Å². The summed E-state index contributed by atoms with van der Waals surface area (Å²) in [7, 11) is 0. The van der Waals surface area contributed by atoms with Gasteiger partial charge in [-0.3, -0.25) is 0 Å². The van der Waals surface area contributed by atoms with E-state index >= 15 is 0 Å². The summed E-state index contributed by atoms with van der Waals surface area (Å²) in [6, 6.07) is 3.92. The second-order valence-corrected chi connectivity index (χ2v) is 4.53. The smallest absolute Gasteiger partial charge is 0.155 e. The summed E-state index contributed by atoms with van der Waals surface area (Å²) >= 11 is 0. The fraction of sp³-hybridized carbons (Fsp3) is 0.364. The zero-order valence-electron chi connectivity index (χ0n) is 9.46. The van der Waals surface area contributed by atoms with Gasteiger partial charge >= 0.3 is 0 Å². The van der Waals surface area contributed by atoms with Crippen molar-refractivity contribution in [3.63, 3.8) is 0 Å². The van der Waals surface area contributed by atoms with Crippen molar-refractivity contribution in [2.75, 3.05) is 0 Å². The number of rotatable bonds is 3. The SMILES string of the molecule is CC(C)(N)Cc1ccc(-n2cncn2)nc1. The molecule has 0 aliphatic heterocycles. The van der Waals surface area contributed by atoms with E-state index < -0.39 is 0 Å². The number of pyridine rings is 1. The minimum atomic E-state index is -0.212. The van der Waals surface area contributed by atoms with Gasteiger partial charge in [0.15, 0.2) is 5.82 Å². The molecule has 0 aliphatic carbocycles. The van der Waals surface area contributed by atoms with Crippen LogP contribution in [-0.4, -0.2) is 25.3 Å². The van der Waals surface area contributed by atoms with Gasteiger partial charge in [-0.2, -0.15) is 5.10 Å². The monoisotopic (exact) mass is 217 g/mol. The predicted octanol–water partition coefficient (Wildman–Crippen LogP) is 0.942. The molecule has 2 heterocycles. The van der Waals surface area contributed by atoms with E-state index in [0.717, 1.165) is 17.8 Å². The second kappa shape index (κ2) is 4.02. The van der Waals surface area contributed by atoms with E-state index in [2.05, 4.69) is 15.1 Å². The number of hydrogen-bond donors (Lipinski definition) is 1. The summed E-state index contributed by atoms with van der Waals surface area (Å²) in [6.45, 7) is 4.00. The molecule has 5 heteroatoms. The third-order valence-corrected chi connectivity index (χ3v) is 2.12. The van der Waals surface area contributed by atoms with Crippen LogP contribution in [0.15, 0.2) is 31.0 Å². The Morgan fingerprint density at radius 2 is 2.19 bits per heavy atom. The zero-order chi connectivity index (χ0) is 11.6. The summed E-state index contributed by atoms with van der Waals surface area (Å²) in [6.07, 6.45) is 5.73. The molecule has 0 atom stereocenters. The van der Waals surface area contributed by atoms with Crippen LogP contribution in [0.4, 0.5) is 0 Å². The molecular formula is C11H15N5. The van der Waals surface area contributed by atoms with Gasteiger partial charge in [0.05, 0.1) is 0 Å². The molecule has 84 valence electrons. The van der Waals surface area contributed by atoms with Gasteiger partial charge in [-0.15, -0.1) is 0 Å². The van der Waals surface area contributed by atoms with Crippen molar-refractivity contribution in [2.45, 2.75) is 25.8 Å². The van der Waals surface area contributed by atoms with Crippen LogP contribution < -0.4 is 5.73 Å². The van der Waals surface area contributed by atoms with Gasteiger partial charge in [0, 0.05) is 11.7 Å². The molecule has 0 amide bonds. The molecule has 0 spiro atoms. The van der Waals surface area contributed by atoms with Crippen molar-refractivity contribution in [3.05, 3.63) is 36.5 Å². The average Bonchev–Trinajstić information content (AvgIpc) is 2.69. The molecule has 5 nitrogen and oxygen atoms in total. The molecule has 2 N–H and O–H groups in total. The maximum atomic E-state index is 5.94. The molecule has 0 saturated heterocycles. The van der Waals surface area contributed by atoms with Crippen molar-refractivity contribution in [1.82, 2.24) is 19.7 Å². The number of nitrogens with zero attached hydrogens (tertiary/aromatic N) is 4. The lowest BCUT2D eigenvalue weighted by Crippen LogP contribution is -2.34. The van der Waals surface area contributed by atoms with Crippen LogP contribution in [0.5, 0.6) is 0 Å². The van der Waals surface area contributed by atoms with Crippen molar-refractivity contribution < 1.29 is 0 Å². The Morgan fingerprint density at radius 3 is 2.69 bits per heavy atom. The fourth-order valence-electron chi connectivity index (χ4n) is 1.51. The van der Waals surface area contributed by atoms with Crippen LogP contribution in [0.3, 0.4) is 0 Å². The predicted molar refractivity (Wildman–Crippen MR) is 61.1 cm³/mol. The molecule has 2 rings (SSSR count).